The summed E-state index contributed by atoms with van der Waals surface area (Å²) in [7, 11) is 0. The van der Waals surface area contributed by atoms with Crippen LogP contribution in [0.3, 0.4) is 0 Å². The Kier molecular flexibility index (Phi) is 5.12. The maximum atomic E-state index is 9.77. The van der Waals surface area contributed by atoms with Crippen LogP contribution in [0.25, 0.3) is 0 Å². The predicted octanol–water partition coefficient (Wildman–Crippen LogP) is 3.36. The van der Waals surface area contributed by atoms with E-state index in [9.17, 15) is 5.11 Å². The second kappa shape index (κ2) is 6.44. The Bertz CT molecular complexity index is 433. The minimum absolute atomic E-state index is 0.158. The lowest BCUT2D eigenvalue weighted by Crippen LogP contribution is -2.51. The summed E-state index contributed by atoms with van der Waals surface area (Å²) in [4.78, 5) is 2.41. The molecule has 0 radical (unpaired) electrons. The van der Waals surface area contributed by atoms with E-state index in [1.165, 1.54) is 0 Å². The third kappa shape index (κ3) is 3.63. The van der Waals surface area contributed by atoms with Crippen LogP contribution in [0.4, 0.5) is 5.69 Å². The van der Waals surface area contributed by atoms with E-state index in [1.54, 1.807) is 0 Å². The molecule has 1 saturated heterocycles. The van der Waals surface area contributed by atoms with Crippen molar-refractivity contribution in [1.82, 2.24) is 4.90 Å². The SMILES string of the molecule is CCN1CCC(CO)(Nc2ccc(Cl)c(Br)c2)CC1. The minimum atomic E-state index is -0.209. The van der Waals surface area contributed by atoms with Gasteiger partial charge in [0.15, 0.2) is 0 Å². The number of aliphatic hydroxyl groups excluding tert-OH is 1. The molecule has 0 aromatic heterocycles. The molecule has 1 aromatic carbocycles. The van der Waals surface area contributed by atoms with Gasteiger partial charge in [-0.25, -0.2) is 0 Å². The Morgan fingerprint density at radius 2 is 2.11 bits per heavy atom. The zero-order valence-corrected chi connectivity index (χ0v) is 13.5. The van der Waals surface area contributed by atoms with Crippen LogP contribution in [0.15, 0.2) is 22.7 Å². The molecule has 0 atom stereocenters. The third-order valence-electron chi connectivity index (χ3n) is 3.89. The highest BCUT2D eigenvalue weighted by Gasteiger charge is 2.33. The van der Waals surface area contributed by atoms with Crippen molar-refractivity contribution in [3.63, 3.8) is 0 Å². The number of aliphatic hydroxyl groups is 1. The number of nitrogens with zero attached hydrogens (tertiary/aromatic N) is 1. The van der Waals surface area contributed by atoms with Crippen LogP contribution < -0.4 is 5.32 Å². The van der Waals surface area contributed by atoms with Crippen LogP contribution in [-0.2, 0) is 0 Å². The molecule has 2 N–H and O–H groups in total. The maximum Gasteiger partial charge on any atom is 0.0662 e. The molecule has 0 saturated carbocycles. The molecule has 19 heavy (non-hydrogen) atoms. The van der Waals surface area contributed by atoms with Crippen LogP contribution >= 0.6 is 27.5 Å². The molecule has 1 fully saturated rings. The number of likely N-dealkylation sites (tertiary alicyclic amines) is 1. The zero-order chi connectivity index (χ0) is 13.9. The van der Waals surface area contributed by atoms with Crippen molar-refractivity contribution in [1.29, 1.82) is 0 Å². The van der Waals surface area contributed by atoms with E-state index in [4.69, 9.17) is 11.6 Å². The van der Waals surface area contributed by atoms with Crippen molar-refractivity contribution < 1.29 is 5.11 Å². The largest absolute Gasteiger partial charge is 0.394 e. The van der Waals surface area contributed by atoms with Gasteiger partial charge in [0.05, 0.1) is 17.2 Å². The highest BCUT2D eigenvalue weighted by atomic mass is 79.9. The van der Waals surface area contributed by atoms with Gasteiger partial charge in [-0.05, 0) is 53.5 Å². The number of piperidine rings is 1. The molecule has 1 aromatic rings. The number of hydrogen-bond acceptors (Lipinski definition) is 3. The molecule has 0 aliphatic carbocycles. The summed E-state index contributed by atoms with van der Waals surface area (Å²) in [6.45, 7) is 5.46. The van der Waals surface area contributed by atoms with Crippen molar-refractivity contribution in [2.24, 2.45) is 0 Å². The Morgan fingerprint density at radius 1 is 1.42 bits per heavy atom. The molecule has 0 spiro atoms. The normalized spacial score (nSPS) is 19.4. The minimum Gasteiger partial charge on any atom is -0.394 e. The van der Waals surface area contributed by atoms with Gasteiger partial charge in [-0.15, -0.1) is 0 Å². The molecule has 0 bridgehead atoms. The first kappa shape index (κ1) is 15.1. The lowest BCUT2D eigenvalue weighted by Gasteiger charge is -2.41. The number of rotatable bonds is 4. The van der Waals surface area contributed by atoms with Crippen LogP contribution in [0.2, 0.25) is 5.02 Å². The summed E-state index contributed by atoms with van der Waals surface area (Å²) in [5.41, 5.74) is 0.786. The molecule has 2 rings (SSSR count). The second-order valence-corrected chi connectivity index (χ2v) is 6.39. The van der Waals surface area contributed by atoms with Crippen molar-refractivity contribution >= 4 is 33.2 Å². The van der Waals surface area contributed by atoms with Gasteiger partial charge in [0.2, 0.25) is 0 Å². The Hall–Kier alpha value is -0.290. The van der Waals surface area contributed by atoms with Gasteiger partial charge in [0, 0.05) is 23.2 Å². The molecule has 106 valence electrons. The fourth-order valence-electron chi connectivity index (χ4n) is 2.50. The Balaban J connectivity index is 2.08. The van der Waals surface area contributed by atoms with Gasteiger partial charge in [-0.3, -0.25) is 0 Å². The summed E-state index contributed by atoms with van der Waals surface area (Å²) in [6.07, 6.45) is 1.91. The molecule has 1 heterocycles. The Morgan fingerprint density at radius 3 is 2.63 bits per heavy atom. The fourth-order valence-corrected chi connectivity index (χ4v) is 3.00. The van der Waals surface area contributed by atoms with Gasteiger partial charge in [0.25, 0.3) is 0 Å². The highest BCUT2D eigenvalue weighted by molar-refractivity contribution is 9.10. The summed E-state index contributed by atoms with van der Waals surface area (Å²) in [5, 5.41) is 14.0. The lowest BCUT2D eigenvalue weighted by molar-refractivity contribution is 0.122. The van der Waals surface area contributed by atoms with E-state index in [-0.39, 0.29) is 12.1 Å². The van der Waals surface area contributed by atoms with E-state index >= 15 is 0 Å². The fraction of sp³-hybridized carbons (Fsp3) is 0.571. The van der Waals surface area contributed by atoms with Gasteiger partial charge in [0.1, 0.15) is 0 Å². The zero-order valence-electron chi connectivity index (χ0n) is 11.1. The van der Waals surface area contributed by atoms with E-state index in [0.29, 0.717) is 5.02 Å². The molecule has 3 nitrogen and oxygen atoms in total. The molecule has 1 aliphatic rings. The molecular weight excluding hydrogens is 328 g/mol. The number of benzene rings is 1. The first-order valence-corrected chi connectivity index (χ1v) is 7.82. The topological polar surface area (TPSA) is 35.5 Å². The monoisotopic (exact) mass is 346 g/mol. The van der Waals surface area contributed by atoms with E-state index < -0.39 is 0 Å². The van der Waals surface area contributed by atoms with E-state index in [2.05, 4.69) is 33.1 Å². The average molecular weight is 348 g/mol. The molecule has 0 unspecified atom stereocenters. The van der Waals surface area contributed by atoms with Crippen molar-refractivity contribution in [2.45, 2.75) is 25.3 Å². The first-order chi connectivity index (χ1) is 9.08. The van der Waals surface area contributed by atoms with Gasteiger partial charge < -0.3 is 15.3 Å². The number of hydrogen-bond donors (Lipinski definition) is 2. The van der Waals surface area contributed by atoms with Crippen LogP contribution in [0.5, 0.6) is 0 Å². The second-order valence-electron chi connectivity index (χ2n) is 5.13. The van der Waals surface area contributed by atoms with Crippen molar-refractivity contribution in [3.8, 4) is 0 Å². The Labute approximate surface area is 128 Å². The van der Waals surface area contributed by atoms with Gasteiger partial charge >= 0.3 is 0 Å². The number of anilines is 1. The van der Waals surface area contributed by atoms with Crippen LogP contribution in [-0.4, -0.2) is 41.8 Å². The van der Waals surface area contributed by atoms with Crippen LogP contribution in [0, 0.1) is 0 Å². The van der Waals surface area contributed by atoms with Gasteiger partial charge in [-0.1, -0.05) is 18.5 Å². The maximum absolute atomic E-state index is 9.77. The van der Waals surface area contributed by atoms with E-state index in [0.717, 1.165) is 42.6 Å². The van der Waals surface area contributed by atoms with Crippen molar-refractivity contribution in [2.75, 3.05) is 31.6 Å². The first-order valence-electron chi connectivity index (χ1n) is 6.65. The number of halogens is 2. The summed E-state index contributed by atoms with van der Waals surface area (Å²) < 4.78 is 0.873. The number of nitrogens with one attached hydrogen (secondary N) is 1. The van der Waals surface area contributed by atoms with Gasteiger partial charge in [-0.2, -0.15) is 0 Å². The summed E-state index contributed by atoms with van der Waals surface area (Å²) in [5.74, 6) is 0. The van der Waals surface area contributed by atoms with Crippen molar-refractivity contribution in [3.05, 3.63) is 27.7 Å². The third-order valence-corrected chi connectivity index (χ3v) is 5.11. The quantitative estimate of drug-likeness (QED) is 0.876. The lowest BCUT2D eigenvalue weighted by atomic mass is 9.88. The summed E-state index contributed by atoms with van der Waals surface area (Å²) in [6, 6.07) is 5.78. The highest BCUT2D eigenvalue weighted by Crippen LogP contribution is 2.30. The average Bonchev–Trinajstić information content (AvgIpc) is 2.44. The summed E-state index contributed by atoms with van der Waals surface area (Å²) >= 11 is 9.43. The molecule has 5 heteroatoms. The molecular formula is C14H20BrClN2O. The van der Waals surface area contributed by atoms with E-state index in [1.807, 2.05) is 18.2 Å². The standard InChI is InChI=1S/C14H20BrClN2O/c1-2-18-7-5-14(10-19,6-8-18)17-11-3-4-13(16)12(15)9-11/h3-4,9,17,19H,2,5-8,10H2,1H3. The smallest absolute Gasteiger partial charge is 0.0662 e. The molecule has 1 aliphatic heterocycles. The van der Waals surface area contributed by atoms with Crippen LogP contribution in [0.1, 0.15) is 19.8 Å². The predicted molar refractivity (Wildman–Crippen MR) is 83.9 cm³/mol. The molecule has 0 amide bonds.